The fourth-order valence-electron chi connectivity index (χ4n) is 4.60. The zero-order valence-corrected chi connectivity index (χ0v) is 21.7. The number of aryl methyl sites for hydroxylation is 4. The number of benzene rings is 2. The van der Waals surface area contributed by atoms with E-state index in [9.17, 15) is 14.4 Å². The summed E-state index contributed by atoms with van der Waals surface area (Å²) in [6.45, 7) is 4.01. The second-order valence-corrected chi connectivity index (χ2v) is 11.0. The minimum absolute atomic E-state index is 0.0729. The molecule has 0 radical (unpaired) electrons. The molecule has 0 saturated carbocycles. The number of thioether (sulfide) groups is 1. The van der Waals surface area contributed by atoms with Crippen LogP contribution < -0.4 is 16.6 Å². The third-order valence-electron chi connectivity index (χ3n) is 6.34. The Morgan fingerprint density at radius 2 is 1.86 bits per heavy atom. The van der Waals surface area contributed by atoms with Gasteiger partial charge < -0.3 is 11.1 Å². The normalized spacial score (nSPS) is 12.9. The highest BCUT2D eigenvalue weighted by atomic mass is 32.2. The van der Waals surface area contributed by atoms with Crippen molar-refractivity contribution in [2.75, 3.05) is 11.1 Å². The molecule has 184 valence electrons. The fourth-order valence-corrected chi connectivity index (χ4v) is 6.70. The lowest BCUT2D eigenvalue weighted by Gasteiger charge is -2.15. The van der Waals surface area contributed by atoms with Gasteiger partial charge in [-0.15, -0.1) is 11.3 Å². The first-order valence-corrected chi connectivity index (χ1v) is 13.6. The minimum atomic E-state index is -0.524. The number of hydrogen-bond acceptors (Lipinski definition) is 6. The summed E-state index contributed by atoms with van der Waals surface area (Å²) in [5, 5.41) is 4.04. The van der Waals surface area contributed by atoms with Crippen LogP contribution in [0.3, 0.4) is 0 Å². The number of fused-ring (bicyclic) bond motifs is 3. The molecule has 0 bridgehead atoms. The molecular formula is C27H26N4O3S2. The van der Waals surface area contributed by atoms with Gasteiger partial charge in [0.15, 0.2) is 5.16 Å². The number of nitrogens with two attached hydrogens (primary N) is 1. The number of rotatable bonds is 6. The highest BCUT2D eigenvalue weighted by Gasteiger charge is 2.23. The molecule has 0 atom stereocenters. The van der Waals surface area contributed by atoms with Crippen LogP contribution in [-0.2, 0) is 17.6 Å². The Kier molecular flexibility index (Phi) is 6.68. The second-order valence-electron chi connectivity index (χ2n) is 8.99. The maximum atomic E-state index is 13.9. The zero-order valence-electron chi connectivity index (χ0n) is 20.1. The summed E-state index contributed by atoms with van der Waals surface area (Å²) in [4.78, 5) is 44.8. The molecule has 2 aromatic heterocycles. The third-order valence-corrected chi connectivity index (χ3v) is 8.46. The van der Waals surface area contributed by atoms with Gasteiger partial charge in [-0.2, -0.15) is 0 Å². The summed E-state index contributed by atoms with van der Waals surface area (Å²) in [6, 6.07) is 12.4. The van der Waals surface area contributed by atoms with Crippen LogP contribution >= 0.6 is 23.1 Å². The number of anilines is 1. The van der Waals surface area contributed by atoms with Gasteiger partial charge in [0.25, 0.3) is 5.56 Å². The van der Waals surface area contributed by atoms with Gasteiger partial charge in [0, 0.05) is 16.1 Å². The maximum absolute atomic E-state index is 13.9. The molecule has 5 rings (SSSR count). The van der Waals surface area contributed by atoms with E-state index in [1.165, 1.54) is 16.6 Å². The van der Waals surface area contributed by atoms with Crippen LogP contribution in [0.4, 0.5) is 5.69 Å². The number of nitrogens with one attached hydrogen (secondary N) is 1. The SMILES string of the molecule is Cc1ccc(-n2c(SCC(=O)Nc3ccc(C(N)=O)cc3)nc3sc4c(c3c2=O)CCCC4)c(C)c1. The van der Waals surface area contributed by atoms with Crippen molar-refractivity contribution in [3.05, 3.63) is 79.9 Å². The van der Waals surface area contributed by atoms with Gasteiger partial charge in [0.1, 0.15) is 4.83 Å². The molecular weight excluding hydrogens is 492 g/mol. The van der Waals surface area contributed by atoms with Gasteiger partial charge in [0.05, 0.1) is 16.8 Å². The van der Waals surface area contributed by atoms with Crippen molar-refractivity contribution >= 4 is 50.8 Å². The van der Waals surface area contributed by atoms with Crippen LogP contribution in [0.15, 0.2) is 52.4 Å². The Hall–Kier alpha value is -3.43. The van der Waals surface area contributed by atoms with Crippen LogP contribution in [0.2, 0.25) is 0 Å². The Bertz CT molecular complexity index is 1550. The van der Waals surface area contributed by atoms with Crippen molar-refractivity contribution < 1.29 is 9.59 Å². The molecule has 0 aliphatic heterocycles. The topological polar surface area (TPSA) is 107 Å². The van der Waals surface area contributed by atoms with Crippen molar-refractivity contribution in [1.82, 2.24) is 9.55 Å². The molecule has 4 aromatic rings. The summed E-state index contributed by atoms with van der Waals surface area (Å²) in [6.07, 6.45) is 4.10. The molecule has 36 heavy (non-hydrogen) atoms. The Labute approximate surface area is 216 Å². The molecule has 3 N–H and O–H groups in total. The number of nitrogens with zero attached hydrogens (tertiary/aromatic N) is 2. The van der Waals surface area contributed by atoms with Crippen molar-refractivity contribution in [3.63, 3.8) is 0 Å². The number of thiophene rings is 1. The zero-order chi connectivity index (χ0) is 25.4. The number of hydrogen-bond donors (Lipinski definition) is 2. The summed E-state index contributed by atoms with van der Waals surface area (Å²) in [7, 11) is 0. The predicted molar refractivity (Wildman–Crippen MR) is 146 cm³/mol. The quantitative estimate of drug-likeness (QED) is 0.282. The highest BCUT2D eigenvalue weighted by molar-refractivity contribution is 7.99. The van der Waals surface area contributed by atoms with Gasteiger partial charge in [-0.25, -0.2) is 4.98 Å². The Morgan fingerprint density at radius 1 is 1.11 bits per heavy atom. The number of aromatic nitrogens is 2. The van der Waals surface area contributed by atoms with E-state index in [2.05, 4.69) is 5.32 Å². The molecule has 1 aliphatic carbocycles. The maximum Gasteiger partial charge on any atom is 0.267 e. The van der Waals surface area contributed by atoms with E-state index < -0.39 is 5.91 Å². The average Bonchev–Trinajstić information content (AvgIpc) is 3.22. The van der Waals surface area contributed by atoms with Crippen LogP contribution in [-0.4, -0.2) is 27.1 Å². The predicted octanol–water partition coefficient (Wildman–Crippen LogP) is 4.77. The van der Waals surface area contributed by atoms with Gasteiger partial charge in [-0.05, 0) is 81.0 Å². The van der Waals surface area contributed by atoms with E-state index in [0.29, 0.717) is 16.4 Å². The van der Waals surface area contributed by atoms with E-state index in [1.54, 1.807) is 40.2 Å². The molecule has 0 spiro atoms. The van der Waals surface area contributed by atoms with Gasteiger partial charge in [-0.1, -0.05) is 29.5 Å². The smallest absolute Gasteiger partial charge is 0.267 e. The monoisotopic (exact) mass is 518 g/mol. The van der Waals surface area contributed by atoms with Crippen molar-refractivity contribution in [2.24, 2.45) is 5.73 Å². The van der Waals surface area contributed by atoms with Gasteiger partial charge in [0.2, 0.25) is 11.8 Å². The summed E-state index contributed by atoms with van der Waals surface area (Å²) in [5.74, 6) is -0.686. The minimum Gasteiger partial charge on any atom is -0.366 e. The number of carbonyl (C=O) groups excluding carboxylic acids is 2. The Balaban J connectivity index is 1.50. The lowest BCUT2D eigenvalue weighted by molar-refractivity contribution is -0.113. The molecule has 2 aromatic carbocycles. The van der Waals surface area contributed by atoms with E-state index >= 15 is 0 Å². The number of carbonyl (C=O) groups is 2. The first kappa shape index (κ1) is 24.3. The lowest BCUT2D eigenvalue weighted by atomic mass is 9.97. The molecule has 0 fully saturated rings. The van der Waals surface area contributed by atoms with Gasteiger partial charge in [-0.3, -0.25) is 19.0 Å². The molecule has 2 heterocycles. The summed E-state index contributed by atoms with van der Waals surface area (Å²) >= 11 is 2.84. The molecule has 1 aliphatic rings. The number of primary amides is 1. The van der Waals surface area contributed by atoms with Crippen molar-refractivity contribution in [2.45, 2.75) is 44.7 Å². The van der Waals surface area contributed by atoms with E-state index in [1.807, 2.05) is 32.0 Å². The molecule has 9 heteroatoms. The standard InChI is InChI=1S/C27H26N4O3S2/c1-15-7-12-20(16(2)13-15)31-26(34)23-19-5-3-4-6-21(19)36-25(23)30-27(31)35-14-22(32)29-18-10-8-17(9-11-18)24(28)33/h7-13H,3-6,14H2,1-2H3,(H2,28,33)(H,29,32). The Morgan fingerprint density at radius 3 is 2.58 bits per heavy atom. The molecule has 0 unspecified atom stereocenters. The molecule has 2 amide bonds. The van der Waals surface area contributed by atoms with E-state index in [4.69, 9.17) is 10.7 Å². The lowest BCUT2D eigenvalue weighted by Crippen LogP contribution is -2.24. The molecule has 7 nitrogen and oxygen atoms in total. The number of amides is 2. The van der Waals surface area contributed by atoms with Crippen molar-refractivity contribution in [3.8, 4) is 5.69 Å². The summed E-state index contributed by atoms with van der Waals surface area (Å²) < 4.78 is 1.66. The van der Waals surface area contributed by atoms with Gasteiger partial charge >= 0.3 is 0 Å². The summed E-state index contributed by atoms with van der Waals surface area (Å²) in [5.41, 5.74) is 10.1. The first-order valence-electron chi connectivity index (χ1n) is 11.8. The van der Waals surface area contributed by atoms with E-state index in [0.717, 1.165) is 58.3 Å². The van der Waals surface area contributed by atoms with Crippen LogP contribution in [0.25, 0.3) is 15.9 Å². The van der Waals surface area contributed by atoms with Crippen LogP contribution in [0.1, 0.15) is 44.8 Å². The largest absolute Gasteiger partial charge is 0.366 e. The van der Waals surface area contributed by atoms with Crippen LogP contribution in [0.5, 0.6) is 0 Å². The third kappa shape index (κ3) is 4.68. The van der Waals surface area contributed by atoms with Crippen LogP contribution in [0, 0.1) is 13.8 Å². The second kappa shape index (κ2) is 9.91. The molecule has 0 saturated heterocycles. The van der Waals surface area contributed by atoms with Crippen molar-refractivity contribution in [1.29, 1.82) is 0 Å². The van der Waals surface area contributed by atoms with E-state index in [-0.39, 0.29) is 17.2 Å². The average molecular weight is 519 g/mol. The fraction of sp³-hybridized carbons (Fsp3) is 0.259. The highest BCUT2D eigenvalue weighted by Crippen LogP contribution is 2.35. The first-order chi connectivity index (χ1) is 17.3.